The monoisotopic (exact) mass is 408 g/mol. The van der Waals surface area contributed by atoms with Gasteiger partial charge < -0.3 is 10.1 Å². The Kier molecular flexibility index (Phi) is 5.86. The molecular formula is C18H14Cl2N2O3S. The van der Waals surface area contributed by atoms with Crippen LogP contribution < -0.4 is 10.1 Å². The maximum atomic E-state index is 12.3. The zero-order chi connectivity index (χ0) is 18.7. The highest BCUT2D eigenvalue weighted by Crippen LogP contribution is 2.32. The van der Waals surface area contributed by atoms with Gasteiger partial charge in [-0.15, -0.1) is 0 Å². The number of nitrogens with zero attached hydrogens (tertiary/aromatic N) is 1. The number of halogens is 2. The number of carbonyl (C=O) groups excluding carboxylic acids is 2. The number of anilines is 1. The van der Waals surface area contributed by atoms with Gasteiger partial charge in [-0.1, -0.05) is 41.0 Å². The zero-order valence-corrected chi connectivity index (χ0v) is 16.0. The summed E-state index contributed by atoms with van der Waals surface area (Å²) in [4.78, 5) is 28.4. The Morgan fingerprint density at radius 1 is 1.23 bits per heavy atom. The maximum absolute atomic E-state index is 12.3. The third-order valence-electron chi connectivity index (χ3n) is 3.67. The normalized spacial score (nSPS) is 16.3. The van der Waals surface area contributed by atoms with E-state index < -0.39 is 5.25 Å². The van der Waals surface area contributed by atoms with Crippen LogP contribution in [0.1, 0.15) is 12.0 Å². The third-order valence-corrected chi connectivity index (χ3v) is 5.70. The van der Waals surface area contributed by atoms with Crippen LogP contribution in [0.4, 0.5) is 5.69 Å². The smallest absolute Gasteiger partial charge is 0.260 e. The molecular weight excluding hydrogens is 395 g/mol. The van der Waals surface area contributed by atoms with Crippen LogP contribution >= 0.6 is 35.0 Å². The second-order valence-electron chi connectivity index (χ2n) is 5.44. The molecule has 0 saturated carbocycles. The molecule has 134 valence electrons. The van der Waals surface area contributed by atoms with Gasteiger partial charge in [-0.3, -0.25) is 9.59 Å². The van der Waals surface area contributed by atoms with Crippen molar-refractivity contribution in [3.8, 4) is 5.75 Å². The van der Waals surface area contributed by atoms with E-state index in [-0.39, 0.29) is 23.3 Å². The van der Waals surface area contributed by atoms with Crippen LogP contribution in [-0.2, 0) is 9.59 Å². The highest BCUT2D eigenvalue weighted by molar-refractivity contribution is 8.16. The fourth-order valence-electron chi connectivity index (χ4n) is 2.35. The standard InChI is InChI=1S/C18H14Cl2N2O3S/c1-25-11-7-5-10(6-8-11)18-22-17(24)14(26-18)9-15(23)21-13-4-2-3-12(19)16(13)20/h2-8,14H,9H2,1H3,(H,21,23)/t14-/m0/s1. The summed E-state index contributed by atoms with van der Waals surface area (Å²) in [6.45, 7) is 0. The van der Waals surface area contributed by atoms with Gasteiger partial charge in [-0.25, -0.2) is 4.99 Å². The van der Waals surface area contributed by atoms with Gasteiger partial charge in [0.2, 0.25) is 5.91 Å². The van der Waals surface area contributed by atoms with Gasteiger partial charge in [-0.2, -0.15) is 0 Å². The lowest BCUT2D eigenvalue weighted by Crippen LogP contribution is -2.21. The molecule has 1 aliphatic rings. The van der Waals surface area contributed by atoms with Crippen molar-refractivity contribution in [2.75, 3.05) is 12.4 Å². The van der Waals surface area contributed by atoms with Crippen LogP contribution in [0.3, 0.4) is 0 Å². The first-order chi connectivity index (χ1) is 12.5. The average Bonchev–Trinajstić information content (AvgIpc) is 2.99. The van der Waals surface area contributed by atoms with Crippen LogP contribution in [0, 0.1) is 0 Å². The quantitative estimate of drug-likeness (QED) is 0.794. The molecule has 8 heteroatoms. The minimum atomic E-state index is -0.565. The Morgan fingerprint density at radius 2 is 1.96 bits per heavy atom. The number of rotatable bonds is 5. The van der Waals surface area contributed by atoms with E-state index in [4.69, 9.17) is 27.9 Å². The van der Waals surface area contributed by atoms with Crippen molar-refractivity contribution in [1.29, 1.82) is 0 Å². The summed E-state index contributed by atoms with van der Waals surface area (Å²) in [7, 11) is 1.58. The summed E-state index contributed by atoms with van der Waals surface area (Å²) in [5.41, 5.74) is 1.22. The molecule has 0 aliphatic carbocycles. The number of ether oxygens (including phenoxy) is 1. The number of methoxy groups -OCH3 is 1. The van der Waals surface area contributed by atoms with E-state index in [1.165, 1.54) is 11.8 Å². The van der Waals surface area contributed by atoms with Crippen LogP contribution in [0.2, 0.25) is 10.0 Å². The van der Waals surface area contributed by atoms with E-state index in [1.807, 2.05) is 12.1 Å². The molecule has 0 fully saturated rings. The Bertz CT molecular complexity index is 885. The number of amides is 2. The lowest BCUT2D eigenvalue weighted by molar-refractivity contribution is -0.121. The number of nitrogens with one attached hydrogen (secondary N) is 1. The van der Waals surface area contributed by atoms with Gasteiger partial charge >= 0.3 is 0 Å². The zero-order valence-electron chi connectivity index (χ0n) is 13.7. The molecule has 1 atom stereocenters. The summed E-state index contributed by atoms with van der Waals surface area (Å²) in [6, 6.07) is 12.2. The molecule has 3 rings (SSSR count). The first-order valence-corrected chi connectivity index (χ1v) is 9.29. The fraction of sp³-hybridized carbons (Fsp3) is 0.167. The van der Waals surface area contributed by atoms with Gasteiger partial charge in [0.15, 0.2) is 0 Å². The maximum Gasteiger partial charge on any atom is 0.260 e. The molecule has 1 aliphatic heterocycles. The Hall–Kier alpha value is -2.02. The van der Waals surface area contributed by atoms with Gasteiger partial charge in [0.1, 0.15) is 16.0 Å². The van der Waals surface area contributed by atoms with Crippen molar-refractivity contribution < 1.29 is 14.3 Å². The number of thioether (sulfide) groups is 1. The molecule has 26 heavy (non-hydrogen) atoms. The number of benzene rings is 2. The van der Waals surface area contributed by atoms with Gasteiger partial charge in [0.25, 0.3) is 5.91 Å². The van der Waals surface area contributed by atoms with Gasteiger partial charge in [-0.05, 0) is 36.4 Å². The third kappa shape index (κ3) is 4.20. The van der Waals surface area contributed by atoms with Crippen LogP contribution in [-0.4, -0.2) is 29.2 Å². The van der Waals surface area contributed by atoms with E-state index in [0.717, 1.165) is 11.3 Å². The first kappa shape index (κ1) is 18.8. The van der Waals surface area contributed by atoms with E-state index in [2.05, 4.69) is 10.3 Å². The minimum Gasteiger partial charge on any atom is -0.497 e. The van der Waals surface area contributed by atoms with Crippen LogP contribution in [0.15, 0.2) is 47.5 Å². The molecule has 1 N–H and O–H groups in total. The van der Waals surface area contributed by atoms with Crippen molar-refractivity contribution in [3.63, 3.8) is 0 Å². The molecule has 2 aromatic carbocycles. The van der Waals surface area contributed by atoms with Gasteiger partial charge in [0.05, 0.1) is 22.8 Å². The largest absolute Gasteiger partial charge is 0.497 e. The predicted octanol–water partition coefficient (Wildman–Crippen LogP) is 4.42. The fourth-order valence-corrected chi connectivity index (χ4v) is 3.77. The second kappa shape index (κ2) is 8.12. The van der Waals surface area contributed by atoms with Crippen molar-refractivity contribution in [3.05, 3.63) is 58.1 Å². The topological polar surface area (TPSA) is 67.8 Å². The van der Waals surface area contributed by atoms with E-state index in [9.17, 15) is 9.59 Å². The molecule has 2 amide bonds. The Balaban J connectivity index is 1.63. The summed E-state index contributed by atoms with van der Waals surface area (Å²) < 4.78 is 5.11. The summed E-state index contributed by atoms with van der Waals surface area (Å²) in [5, 5.41) is 3.32. The molecule has 0 spiro atoms. The number of hydrogen-bond donors (Lipinski definition) is 1. The molecule has 0 bridgehead atoms. The summed E-state index contributed by atoms with van der Waals surface area (Å²) >= 11 is 13.3. The summed E-state index contributed by atoms with van der Waals surface area (Å²) in [6.07, 6.45) is -0.00447. The highest BCUT2D eigenvalue weighted by Gasteiger charge is 2.31. The molecule has 2 aromatic rings. The highest BCUT2D eigenvalue weighted by atomic mass is 35.5. The van der Waals surface area contributed by atoms with E-state index >= 15 is 0 Å². The van der Waals surface area contributed by atoms with Crippen LogP contribution in [0.25, 0.3) is 0 Å². The number of aliphatic imine (C=N–C) groups is 1. The molecule has 0 unspecified atom stereocenters. The van der Waals surface area contributed by atoms with Crippen LogP contribution in [0.5, 0.6) is 5.75 Å². The molecule has 0 saturated heterocycles. The molecule has 5 nitrogen and oxygen atoms in total. The lowest BCUT2D eigenvalue weighted by atomic mass is 10.2. The average molecular weight is 409 g/mol. The predicted molar refractivity (Wildman–Crippen MR) is 106 cm³/mol. The second-order valence-corrected chi connectivity index (χ2v) is 7.42. The Morgan fingerprint density at radius 3 is 2.65 bits per heavy atom. The minimum absolute atomic E-state index is 0.00447. The first-order valence-electron chi connectivity index (χ1n) is 7.65. The molecule has 0 aromatic heterocycles. The van der Waals surface area contributed by atoms with Crippen molar-refractivity contribution in [1.82, 2.24) is 0 Å². The number of hydrogen-bond acceptors (Lipinski definition) is 4. The molecule has 1 heterocycles. The van der Waals surface area contributed by atoms with E-state index in [0.29, 0.717) is 15.8 Å². The van der Waals surface area contributed by atoms with Gasteiger partial charge in [0, 0.05) is 12.0 Å². The van der Waals surface area contributed by atoms with Crippen molar-refractivity contribution >= 4 is 57.5 Å². The Labute approximate surface area is 164 Å². The SMILES string of the molecule is COc1ccc(C2=NC(=O)[C@H](CC(=O)Nc3cccc(Cl)c3Cl)S2)cc1. The van der Waals surface area contributed by atoms with Crippen molar-refractivity contribution in [2.45, 2.75) is 11.7 Å². The lowest BCUT2D eigenvalue weighted by Gasteiger charge is -2.10. The molecule has 0 radical (unpaired) electrons. The van der Waals surface area contributed by atoms with Crippen molar-refractivity contribution in [2.24, 2.45) is 4.99 Å². The number of carbonyl (C=O) groups is 2. The van der Waals surface area contributed by atoms with E-state index in [1.54, 1.807) is 37.4 Å². The summed E-state index contributed by atoms with van der Waals surface area (Å²) in [5.74, 6) is 0.0670.